The Morgan fingerprint density at radius 2 is 0.586 bits per heavy atom. The van der Waals surface area contributed by atoms with Crippen molar-refractivity contribution in [3.05, 3.63) is 0 Å². The molecule has 0 amide bonds. The largest absolute Gasteiger partial charge is 4.00 e. The van der Waals surface area contributed by atoms with Gasteiger partial charge in [0.05, 0.1) is 0 Å². The fourth-order valence-corrected chi connectivity index (χ4v) is 1.28. The monoisotopic (exact) mass is 596 g/mol. The summed E-state index contributed by atoms with van der Waals surface area (Å²) in [5, 5.41) is 38.6. The molecule has 29 heavy (non-hydrogen) atoms. The van der Waals surface area contributed by atoms with Crippen LogP contribution in [-0.4, -0.2) is 23.9 Å². The second kappa shape index (κ2) is 34.1. The molecule has 9 heteroatoms. The Bertz CT molecular complexity index is 315. The fourth-order valence-electron chi connectivity index (χ4n) is 1.28. The van der Waals surface area contributed by atoms with Crippen molar-refractivity contribution in [1.29, 1.82) is 0 Å². The maximum atomic E-state index is 9.65. The van der Waals surface area contributed by atoms with Crippen LogP contribution in [0.2, 0.25) is 0 Å². The van der Waals surface area contributed by atoms with Gasteiger partial charge in [-0.3, -0.25) is 0 Å². The first-order valence-electron chi connectivity index (χ1n) is 9.88. The molecule has 0 fully saturated rings. The van der Waals surface area contributed by atoms with E-state index in [1.807, 2.05) is 27.7 Å². The quantitative estimate of drug-likeness (QED) is 0.298. The molecule has 0 aromatic carbocycles. The van der Waals surface area contributed by atoms with Crippen LogP contribution in [0.5, 0.6) is 0 Å². The third kappa shape index (κ3) is 75.6. The van der Waals surface area contributed by atoms with E-state index >= 15 is 0 Å². The molecule has 0 radical (unpaired) electrons. The van der Waals surface area contributed by atoms with Crippen molar-refractivity contribution in [2.24, 2.45) is 0 Å². The smallest absolute Gasteiger partial charge is 0.550 e. The number of rotatable bonds is 12. The minimum atomic E-state index is -0.943. The second-order valence-electron chi connectivity index (χ2n) is 5.90. The Morgan fingerprint density at radius 3 is 0.621 bits per heavy atom. The molecule has 0 bridgehead atoms. The van der Waals surface area contributed by atoms with E-state index in [0.717, 1.165) is 51.4 Å². The van der Waals surface area contributed by atoms with E-state index in [1.54, 1.807) is 0 Å². The van der Waals surface area contributed by atoms with Gasteiger partial charge in [0.1, 0.15) is 0 Å². The van der Waals surface area contributed by atoms with Crippen molar-refractivity contribution in [2.45, 2.75) is 105 Å². The van der Waals surface area contributed by atoms with Gasteiger partial charge >= 0.3 is 19.8 Å². The first kappa shape index (κ1) is 38.2. The molecule has 0 spiro atoms. The predicted molar refractivity (Wildman–Crippen MR) is 98.1 cm³/mol. The second-order valence-corrected chi connectivity index (χ2v) is 5.90. The number of carbonyl (C=O) groups is 4. The maximum absolute atomic E-state index is 9.65. The average Bonchev–Trinajstić information content (AvgIpc) is 2.62. The first-order chi connectivity index (χ1) is 13.1. The summed E-state index contributed by atoms with van der Waals surface area (Å²) in [5.74, 6) is -3.77. The molecular formula is C20H36O8Os. The number of unbranched alkanes of at least 4 members (excludes halogenated alkanes) is 4. The molecule has 0 aliphatic heterocycles. The summed E-state index contributed by atoms with van der Waals surface area (Å²) in [5.41, 5.74) is 0. The Kier molecular flexibility index (Phi) is 44.8. The Hall–Kier alpha value is -1.48. The molecule has 8 nitrogen and oxygen atoms in total. The van der Waals surface area contributed by atoms with Crippen molar-refractivity contribution in [2.75, 3.05) is 0 Å². The summed E-state index contributed by atoms with van der Waals surface area (Å²) in [6.07, 6.45) is 7.47. The molecule has 0 atom stereocenters. The van der Waals surface area contributed by atoms with Crippen molar-refractivity contribution < 1.29 is 59.4 Å². The van der Waals surface area contributed by atoms with Crippen molar-refractivity contribution in [1.82, 2.24) is 0 Å². The maximum Gasteiger partial charge on any atom is 4.00 e. The third-order valence-corrected chi connectivity index (χ3v) is 2.94. The predicted octanol–water partition coefficient (Wildman–Crippen LogP) is -0.296. The van der Waals surface area contributed by atoms with E-state index in [4.69, 9.17) is 0 Å². The van der Waals surface area contributed by atoms with Crippen LogP contribution in [0.3, 0.4) is 0 Å². The summed E-state index contributed by atoms with van der Waals surface area (Å²) in [7, 11) is 0. The van der Waals surface area contributed by atoms with Crippen LogP contribution < -0.4 is 20.4 Å². The topological polar surface area (TPSA) is 161 Å². The fraction of sp³-hybridized carbons (Fsp3) is 0.800. The minimum Gasteiger partial charge on any atom is -0.550 e. The zero-order valence-electron chi connectivity index (χ0n) is 18.1. The first-order valence-corrected chi connectivity index (χ1v) is 9.88. The SMILES string of the molecule is CCCCC(=O)[O-].CCCCC(=O)[O-].CCCCC(=O)[O-].CCCCC(=O)[O-].[Os+4]. The molecule has 0 saturated carbocycles. The van der Waals surface area contributed by atoms with Gasteiger partial charge < -0.3 is 39.6 Å². The number of aliphatic carboxylic acids is 4. The van der Waals surface area contributed by atoms with Crippen LogP contribution in [-0.2, 0) is 39.0 Å². The summed E-state index contributed by atoms with van der Waals surface area (Å²) in [6.45, 7) is 7.79. The standard InChI is InChI=1S/4C5H10O2.Os/c4*1-2-3-4-5(6)7;/h4*2-4H2,1H3,(H,6,7);/q;;;;+4/p-4. The Morgan fingerprint density at radius 1 is 0.448 bits per heavy atom. The third-order valence-electron chi connectivity index (χ3n) is 2.94. The van der Waals surface area contributed by atoms with Crippen LogP contribution >= 0.6 is 0 Å². The van der Waals surface area contributed by atoms with Gasteiger partial charge in [-0.2, -0.15) is 0 Å². The van der Waals surface area contributed by atoms with Crippen LogP contribution in [0.15, 0.2) is 0 Å². The van der Waals surface area contributed by atoms with Gasteiger partial charge in [0.25, 0.3) is 0 Å². The summed E-state index contributed by atoms with van der Waals surface area (Å²) < 4.78 is 0. The summed E-state index contributed by atoms with van der Waals surface area (Å²) >= 11 is 0. The van der Waals surface area contributed by atoms with Crippen LogP contribution in [0.1, 0.15) is 105 Å². The van der Waals surface area contributed by atoms with Crippen molar-refractivity contribution >= 4 is 23.9 Å². The van der Waals surface area contributed by atoms with Crippen molar-refractivity contribution in [3.8, 4) is 0 Å². The zero-order valence-corrected chi connectivity index (χ0v) is 20.6. The molecular weight excluding hydrogens is 558 g/mol. The molecule has 0 N–H and O–H groups in total. The van der Waals surface area contributed by atoms with Crippen molar-refractivity contribution in [3.63, 3.8) is 0 Å². The average molecular weight is 595 g/mol. The summed E-state index contributed by atoms with van der Waals surface area (Å²) in [4.78, 5) is 38.6. The van der Waals surface area contributed by atoms with E-state index in [0.29, 0.717) is 0 Å². The molecule has 0 saturated heterocycles. The van der Waals surface area contributed by atoms with E-state index < -0.39 is 23.9 Å². The van der Waals surface area contributed by atoms with E-state index in [-0.39, 0.29) is 45.5 Å². The normalized spacial score (nSPS) is 8.41. The van der Waals surface area contributed by atoms with Gasteiger partial charge in [0, 0.05) is 23.9 Å². The van der Waals surface area contributed by atoms with Gasteiger partial charge in [0.2, 0.25) is 0 Å². The van der Waals surface area contributed by atoms with Crippen LogP contribution in [0.4, 0.5) is 0 Å². The molecule has 172 valence electrons. The van der Waals surface area contributed by atoms with Gasteiger partial charge in [-0.1, -0.05) is 53.4 Å². The molecule has 0 aromatic heterocycles. The van der Waals surface area contributed by atoms with Gasteiger partial charge in [-0.15, -0.1) is 0 Å². The Labute approximate surface area is 188 Å². The van der Waals surface area contributed by atoms with E-state index in [2.05, 4.69) is 0 Å². The number of hydrogen-bond acceptors (Lipinski definition) is 8. The summed E-state index contributed by atoms with van der Waals surface area (Å²) in [6, 6.07) is 0. The zero-order chi connectivity index (χ0) is 22.8. The van der Waals surface area contributed by atoms with Gasteiger partial charge in [-0.05, 0) is 51.4 Å². The van der Waals surface area contributed by atoms with Gasteiger partial charge in [0.15, 0.2) is 0 Å². The molecule has 0 rings (SSSR count). The molecule has 0 aliphatic rings. The molecule has 0 unspecified atom stereocenters. The van der Waals surface area contributed by atoms with E-state index in [9.17, 15) is 39.6 Å². The number of hydrogen-bond donors (Lipinski definition) is 0. The van der Waals surface area contributed by atoms with Crippen LogP contribution in [0, 0.1) is 0 Å². The molecule has 0 aromatic rings. The van der Waals surface area contributed by atoms with Gasteiger partial charge in [-0.25, -0.2) is 0 Å². The number of carboxylic acids is 4. The van der Waals surface area contributed by atoms with Crippen LogP contribution in [0.25, 0.3) is 0 Å². The number of carboxylic acid groups (broad SMARTS) is 4. The molecule has 0 aliphatic carbocycles. The number of carbonyl (C=O) groups excluding carboxylic acids is 4. The minimum absolute atomic E-state index is 0. The Balaban J connectivity index is -0.0000000873. The molecule has 0 heterocycles. The van der Waals surface area contributed by atoms with E-state index in [1.165, 1.54) is 0 Å².